The number of aromatic nitrogens is 2. The highest BCUT2D eigenvalue weighted by atomic mass is 19.4. The summed E-state index contributed by atoms with van der Waals surface area (Å²) in [4.78, 5) is 13.2. The van der Waals surface area contributed by atoms with Gasteiger partial charge in [0.2, 0.25) is 5.95 Å². The molecule has 33 heavy (non-hydrogen) atoms. The number of hydrogen-bond donors (Lipinski definition) is 1. The van der Waals surface area contributed by atoms with Gasteiger partial charge in [0.25, 0.3) is 0 Å². The van der Waals surface area contributed by atoms with E-state index in [1.807, 2.05) is 12.1 Å². The Bertz CT molecular complexity index is 1220. The predicted octanol–water partition coefficient (Wildman–Crippen LogP) is 5.82. The third-order valence-electron chi connectivity index (χ3n) is 6.81. The van der Waals surface area contributed by atoms with Gasteiger partial charge in [0.1, 0.15) is 6.29 Å². The molecule has 4 nitrogen and oxygen atoms in total. The first-order valence-electron chi connectivity index (χ1n) is 11.1. The van der Waals surface area contributed by atoms with Crippen molar-refractivity contribution in [3.63, 3.8) is 0 Å². The molecular formula is C25H23F4N3O. The van der Waals surface area contributed by atoms with Crippen LogP contribution in [0, 0.1) is 11.9 Å². The molecule has 1 aromatic heterocycles. The van der Waals surface area contributed by atoms with Gasteiger partial charge in [-0.15, -0.1) is 5.10 Å². The molecule has 0 amide bonds. The number of alkyl halides is 3. The first-order chi connectivity index (χ1) is 15.9. The fourth-order valence-electron chi connectivity index (χ4n) is 5.11. The van der Waals surface area contributed by atoms with Crippen LogP contribution in [-0.2, 0) is 11.2 Å². The van der Waals surface area contributed by atoms with Gasteiger partial charge in [0, 0.05) is 30.3 Å². The zero-order valence-corrected chi connectivity index (χ0v) is 17.9. The Morgan fingerprint density at radius 3 is 2.42 bits per heavy atom. The van der Waals surface area contributed by atoms with Crippen molar-refractivity contribution >= 4 is 28.4 Å². The van der Waals surface area contributed by atoms with E-state index in [9.17, 15) is 22.4 Å². The maximum Gasteiger partial charge on any atom is 0.413 e. The minimum absolute atomic E-state index is 0.0719. The van der Waals surface area contributed by atoms with Crippen LogP contribution in [0.3, 0.4) is 0 Å². The van der Waals surface area contributed by atoms with E-state index in [0.717, 1.165) is 37.9 Å². The summed E-state index contributed by atoms with van der Waals surface area (Å²) in [7, 11) is 0. The second kappa shape index (κ2) is 8.32. The molecule has 1 aliphatic heterocycles. The van der Waals surface area contributed by atoms with Gasteiger partial charge in [-0.2, -0.15) is 17.6 Å². The van der Waals surface area contributed by atoms with Crippen molar-refractivity contribution in [2.45, 2.75) is 38.3 Å². The summed E-state index contributed by atoms with van der Waals surface area (Å²) in [5.41, 5.74) is 2.37. The van der Waals surface area contributed by atoms with Gasteiger partial charge in [-0.05, 0) is 72.6 Å². The van der Waals surface area contributed by atoms with Gasteiger partial charge in [-0.3, -0.25) is 5.10 Å². The SMILES string of the molecule is O=CC1CCN(c2ccc(C3=C(C(F)(F)F)CCCc4c3ccc3[nH]nc(F)c43)cc2)CC1. The van der Waals surface area contributed by atoms with Gasteiger partial charge in [-0.25, -0.2) is 0 Å². The molecule has 1 saturated heterocycles. The maximum atomic E-state index is 14.4. The molecule has 0 atom stereocenters. The van der Waals surface area contributed by atoms with E-state index in [2.05, 4.69) is 15.1 Å². The number of hydrogen-bond acceptors (Lipinski definition) is 3. The number of nitrogens with one attached hydrogen (secondary N) is 1. The third kappa shape index (κ3) is 3.92. The Hall–Kier alpha value is -3.16. The highest BCUT2D eigenvalue weighted by Crippen LogP contribution is 2.44. The lowest BCUT2D eigenvalue weighted by Gasteiger charge is -2.31. The van der Waals surface area contributed by atoms with Crippen molar-refractivity contribution in [2.24, 2.45) is 5.92 Å². The minimum Gasteiger partial charge on any atom is -0.371 e. The number of carbonyl (C=O) groups is 1. The summed E-state index contributed by atoms with van der Waals surface area (Å²) in [5, 5.41) is 6.50. The largest absolute Gasteiger partial charge is 0.413 e. The quantitative estimate of drug-likeness (QED) is 0.398. The Morgan fingerprint density at radius 1 is 1.03 bits per heavy atom. The number of rotatable bonds is 3. The number of benzene rings is 2. The number of aromatic amines is 1. The molecular weight excluding hydrogens is 434 g/mol. The molecule has 0 bridgehead atoms. The van der Waals surface area contributed by atoms with Crippen molar-refractivity contribution in [1.82, 2.24) is 10.2 Å². The van der Waals surface area contributed by atoms with Gasteiger partial charge in [0.15, 0.2) is 0 Å². The van der Waals surface area contributed by atoms with Crippen LogP contribution in [0.2, 0.25) is 0 Å². The Balaban J connectivity index is 1.60. The van der Waals surface area contributed by atoms with Crippen LogP contribution in [0.4, 0.5) is 23.2 Å². The Labute approximate surface area is 188 Å². The normalized spacial score (nSPS) is 17.9. The monoisotopic (exact) mass is 457 g/mol. The predicted molar refractivity (Wildman–Crippen MR) is 119 cm³/mol. The van der Waals surface area contributed by atoms with Crippen LogP contribution in [0.15, 0.2) is 42.0 Å². The van der Waals surface area contributed by atoms with Crippen molar-refractivity contribution < 1.29 is 22.4 Å². The summed E-state index contributed by atoms with van der Waals surface area (Å²) in [5.74, 6) is -0.617. The van der Waals surface area contributed by atoms with Crippen molar-refractivity contribution in [1.29, 1.82) is 0 Å². The molecule has 0 unspecified atom stereocenters. The lowest BCUT2D eigenvalue weighted by Crippen LogP contribution is -2.34. The van der Waals surface area contributed by atoms with Crippen LogP contribution < -0.4 is 4.90 Å². The van der Waals surface area contributed by atoms with Crippen LogP contribution in [-0.4, -0.2) is 35.7 Å². The molecule has 2 aliphatic rings. The summed E-state index contributed by atoms with van der Waals surface area (Å²) in [6.07, 6.45) is -1.46. The molecule has 2 aromatic carbocycles. The highest BCUT2D eigenvalue weighted by molar-refractivity contribution is 5.93. The summed E-state index contributed by atoms with van der Waals surface area (Å²) >= 11 is 0. The van der Waals surface area contributed by atoms with E-state index in [0.29, 0.717) is 28.6 Å². The lowest BCUT2D eigenvalue weighted by molar-refractivity contribution is -0.111. The number of nitrogens with zero attached hydrogens (tertiary/aromatic N) is 2. The van der Waals surface area contributed by atoms with Crippen molar-refractivity contribution in [2.75, 3.05) is 18.0 Å². The van der Waals surface area contributed by atoms with Crippen LogP contribution >= 0.6 is 0 Å². The molecule has 8 heteroatoms. The van der Waals surface area contributed by atoms with Gasteiger partial charge < -0.3 is 9.69 Å². The van der Waals surface area contributed by atoms with E-state index in [4.69, 9.17) is 0 Å². The highest BCUT2D eigenvalue weighted by Gasteiger charge is 2.38. The zero-order valence-electron chi connectivity index (χ0n) is 17.9. The second-order valence-corrected chi connectivity index (χ2v) is 8.74. The van der Waals surface area contributed by atoms with E-state index in [-0.39, 0.29) is 29.7 Å². The van der Waals surface area contributed by atoms with Crippen LogP contribution in [0.25, 0.3) is 16.5 Å². The number of aldehydes is 1. The van der Waals surface area contributed by atoms with Crippen LogP contribution in [0.5, 0.6) is 0 Å². The molecule has 5 rings (SSSR count). The summed E-state index contributed by atoms with van der Waals surface area (Å²) in [6, 6.07) is 10.3. The standard InChI is InChI=1S/C25H23F4N3O/c26-24-23-18-2-1-3-20(25(27,28)29)22(19(18)8-9-21(23)30-31-24)16-4-6-17(7-5-16)32-12-10-15(14-33)11-13-32/h4-9,14-15H,1-3,10-13H2,(H,30,31). The molecule has 1 fully saturated rings. The Kier molecular flexibility index (Phi) is 5.46. The minimum atomic E-state index is -4.49. The number of piperidine rings is 1. The van der Waals surface area contributed by atoms with Crippen LogP contribution in [0.1, 0.15) is 42.4 Å². The zero-order chi connectivity index (χ0) is 23.2. The average Bonchev–Trinajstić information content (AvgIpc) is 3.07. The molecule has 0 saturated carbocycles. The molecule has 3 aromatic rings. The molecule has 172 valence electrons. The fraction of sp³-hybridized carbons (Fsp3) is 0.360. The summed E-state index contributed by atoms with van der Waals surface area (Å²) < 4.78 is 56.8. The van der Waals surface area contributed by atoms with E-state index in [1.54, 1.807) is 24.3 Å². The molecule has 1 N–H and O–H groups in total. The van der Waals surface area contributed by atoms with E-state index in [1.165, 1.54) is 0 Å². The maximum absolute atomic E-state index is 14.4. The second-order valence-electron chi connectivity index (χ2n) is 8.74. The van der Waals surface area contributed by atoms with E-state index < -0.39 is 17.7 Å². The topological polar surface area (TPSA) is 49.0 Å². The Morgan fingerprint density at radius 2 is 1.76 bits per heavy atom. The number of H-pyrrole nitrogens is 1. The van der Waals surface area contributed by atoms with E-state index >= 15 is 0 Å². The molecule has 2 heterocycles. The fourth-order valence-corrected chi connectivity index (χ4v) is 5.11. The number of anilines is 1. The average molecular weight is 457 g/mol. The van der Waals surface area contributed by atoms with Crippen molar-refractivity contribution in [3.05, 3.63) is 64.6 Å². The number of aryl methyl sites for hydroxylation is 1. The van der Waals surface area contributed by atoms with Gasteiger partial charge >= 0.3 is 6.18 Å². The van der Waals surface area contributed by atoms with Gasteiger partial charge in [-0.1, -0.05) is 18.2 Å². The number of fused-ring (bicyclic) bond motifs is 3. The third-order valence-corrected chi connectivity index (χ3v) is 6.81. The molecule has 0 spiro atoms. The van der Waals surface area contributed by atoms with Crippen molar-refractivity contribution in [3.8, 4) is 0 Å². The number of carbonyl (C=O) groups excluding carboxylic acids is 1. The number of halogens is 4. The summed E-state index contributed by atoms with van der Waals surface area (Å²) in [6.45, 7) is 1.47. The molecule has 1 aliphatic carbocycles. The van der Waals surface area contributed by atoms with Gasteiger partial charge in [0.05, 0.1) is 10.9 Å². The first kappa shape index (κ1) is 21.7. The molecule has 0 radical (unpaired) electrons. The lowest BCUT2D eigenvalue weighted by atomic mass is 9.89. The first-order valence-corrected chi connectivity index (χ1v) is 11.1. The number of allylic oxidation sites excluding steroid dienone is 1. The smallest absolute Gasteiger partial charge is 0.371 e.